The number of H-pyrrole nitrogens is 1. The number of nitrogens with one attached hydrogen (secondary N) is 1. The van der Waals surface area contributed by atoms with Gasteiger partial charge in [0, 0.05) is 5.52 Å². The van der Waals surface area contributed by atoms with Crippen molar-refractivity contribution in [1.82, 2.24) is 4.98 Å². The molecule has 0 saturated heterocycles. The third-order valence-electron chi connectivity index (χ3n) is 3.31. The molecule has 0 fully saturated rings. The number of para-hydroxylation sites is 1. The van der Waals surface area contributed by atoms with Crippen molar-refractivity contribution in [3.05, 3.63) is 87.2 Å². The molecule has 0 aliphatic heterocycles. The second-order valence-corrected chi connectivity index (χ2v) is 5.24. The zero-order valence-corrected chi connectivity index (χ0v) is 12.3. The van der Waals surface area contributed by atoms with Crippen LogP contribution in [-0.4, -0.2) is 10.8 Å². The summed E-state index contributed by atoms with van der Waals surface area (Å²) >= 11 is 6.08. The number of hydrogen-bond donors (Lipinski definition) is 1. The van der Waals surface area contributed by atoms with Crippen LogP contribution in [0.5, 0.6) is 0 Å². The molecule has 22 heavy (non-hydrogen) atoms. The average molecular weight is 310 g/mol. The molecule has 0 amide bonds. The van der Waals surface area contributed by atoms with Crippen molar-refractivity contribution in [2.24, 2.45) is 0 Å². The zero-order valence-electron chi connectivity index (χ0n) is 11.5. The molecule has 0 unspecified atom stereocenters. The number of carbonyl (C=O) groups is 1. The minimum atomic E-state index is -0.488. The zero-order chi connectivity index (χ0) is 15.5. The molecule has 0 radical (unpaired) electrons. The Balaban J connectivity index is 2.03. The maximum atomic E-state index is 12.4. The second-order valence-electron chi connectivity index (χ2n) is 4.83. The first-order valence-corrected chi connectivity index (χ1v) is 7.12. The summed E-state index contributed by atoms with van der Waals surface area (Å²) < 4.78 is 0. The summed E-state index contributed by atoms with van der Waals surface area (Å²) in [4.78, 5) is 27.2. The molecular formula is C18H12ClNO2. The lowest BCUT2D eigenvalue weighted by Gasteiger charge is -2.02. The first kappa shape index (κ1) is 14.3. The predicted molar refractivity (Wildman–Crippen MR) is 89.2 cm³/mol. The largest absolute Gasteiger partial charge is 0.321 e. The Morgan fingerprint density at radius 2 is 1.68 bits per heavy atom. The molecule has 0 atom stereocenters. The van der Waals surface area contributed by atoms with Crippen LogP contribution in [0, 0.1) is 0 Å². The van der Waals surface area contributed by atoms with Crippen LogP contribution in [0.3, 0.4) is 0 Å². The van der Waals surface area contributed by atoms with E-state index in [2.05, 4.69) is 4.98 Å². The van der Waals surface area contributed by atoms with E-state index in [9.17, 15) is 9.59 Å². The number of halogens is 1. The van der Waals surface area contributed by atoms with Crippen LogP contribution in [0.4, 0.5) is 0 Å². The molecule has 2 aromatic carbocycles. The van der Waals surface area contributed by atoms with E-state index in [1.807, 2.05) is 48.5 Å². The average Bonchev–Trinajstić information content (AvgIpc) is 2.54. The van der Waals surface area contributed by atoms with Gasteiger partial charge in [0.05, 0.1) is 10.6 Å². The number of aromatic nitrogens is 1. The molecule has 0 spiro atoms. The molecule has 3 nitrogen and oxygen atoms in total. The van der Waals surface area contributed by atoms with E-state index in [-0.39, 0.29) is 10.6 Å². The van der Waals surface area contributed by atoms with Crippen molar-refractivity contribution in [1.29, 1.82) is 0 Å². The first-order valence-electron chi connectivity index (χ1n) is 6.74. The lowest BCUT2D eigenvalue weighted by molar-refractivity contribution is 0.104. The van der Waals surface area contributed by atoms with Crippen molar-refractivity contribution < 1.29 is 4.79 Å². The highest BCUT2D eigenvalue weighted by atomic mass is 35.5. The maximum Gasteiger partial charge on any atom is 0.259 e. The summed E-state index contributed by atoms with van der Waals surface area (Å²) in [5.41, 5.74) is 1.09. The number of allylic oxidation sites excluding steroid dienone is 1. The smallest absolute Gasteiger partial charge is 0.259 e. The Bertz CT molecular complexity index is 926. The van der Waals surface area contributed by atoms with Crippen LogP contribution in [0.25, 0.3) is 17.0 Å². The number of fused-ring (bicyclic) bond motifs is 1. The van der Waals surface area contributed by atoms with Crippen LogP contribution >= 0.6 is 11.6 Å². The third-order valence-corrected chi connectivity index (χ3v) is 3.59. The molecule has 0 aliphatic carbocycles. The molecule has 1 N–H and O–H groups in total. The number of rotatable bonds is 3. The lowest BCUT2D eigenvalue weighted by Crippen LogP contribution is -2.17. The molecule has 0 saturated carbocycles. The van der Waals surface area contributed by atoms with Crippen molar-refractivity contribution in [3.63, 3.8) is 0 Å². The second kappa shape index (κ2) is 6.00. The molecule has 3 aromatic rings. The number of hydrogen-bond acceptors (Lipinski definition) is 2. The third kappa shape index (κ3) is 2.85. The monoisotopic (exact) mass is 309 g/mol. The van der Waals surface area contributed by atoms with Gasteiger partial charge < -0.3 is 4.98 Å². The van der Waals surface area contributed by atoms with Gasteiger partial charge in [-0.15, -0.1) is 0 Å². The summed E-state index contributed by atoms with van der Waals surface area (Å²) in [6.45, 7) is 0. The number of carbonyl (C=O) groups excluding carboxylic acids is 1. The summed E-state index contributed by atoms with van der Waals surface area (Å²) in [6.07, 6.45) is 1.55. The van der Waals surface area contributed by atoms with Crippen molar-refractivity contribution in [3.8, 4) is 0 Å². The normalized spacial score (nSPS) is 11.6. The molecule has 1 aromatic heterocycles. The van der Waals surface area contributed by atoms with Crippen LogP contribution in [0.1, 0.15) is 15.9 Å². The van der Waals surface area contributed by atoms with Crippen LogP contribution in [0.15, 0.2) is 70.5 Å². The molecule has 3 rings (SSSR count). The van der Waals surface area contributed by atoms with Gasteiger partial charge in [0.15, 0.2) is 0 Å². The van der Waals surface area contributed by atoms with E-state index in [1.165, 1.54) is 0 Å². The Kier molecular flexibility index (Phi) is 3.90. The summed E-state index contributed by atoms with van der Waals surface area (Å²) in [7, 11) is 0. The number of benzene rings is 2. The number of pyridine rings is 1. The number of aromatic amines is 1. The quantitative estimate of drug-likeness (QED) is 0.587. The van der Waals surface area contributed by atoms with Crippen molar-refractivity contribution in [2.75, 3.05) is 0 Å². The Morgan fingerprint density at radius 3 is 2.45 bits per heavy atom. The van der Waals surface area contributed by atoms with Gasteiger partial charge in [-0.3, -0.25) is 9.59 Å². The van der Waals surface area contributed by atoms with Crippen LogP contribution in [0.2, 0.25) is 0 Å². The first-order chi connectivity index (χ1) is 10.6. The van der Waals surface area contributed by atoms with Gasteiger partial charge in [0.1, 0.15) is 0 Å². The highest BCUT2D eigenvalue weighted by Gasteiger charge is 2.15. The van der Waals surface area contributed by atoms with Gasteiger partial charge in [-0.1, -0.05) is 60.1 Å². The SMILES string of the molecule is O=C(/C(Cl)=C\c1ccccc1)c1cc2ccccc2[nH]c1=O. The molecule has 1 heterocycles. The van der Waals surface area contributed by atoms with E-state index < -0.39 is 11.3 Å². The fraction of sp³-hybridized carbons (Fsp3) is 0. The van der Waals surface area contributed by atoms with Gasteiger partial charge in [-0.2, -0.15) is 0 Å². The summed E-state index contributed by atoms with van der Waals surface area (Å²) in [5.74, 6) is -0.488. The standard InChI is InChI=1S/C18H12ClNO2/c19-15(10-12-6-2-1-3-7-12)17(21)14-11-13-8-4-5-9-16(13)20-18(14)22/h1-11H,(H,20,22)/b15-10+. The molecule has 4 heteroatoms. The van der Waals surface area contributed by atoms with E-state index in [0.717, 1.165) is 10.9 Å². The fourth-order valence-electron chi connectivity index (χ4n) is 2.21. The van der Waals surface area contributed by atoms with Gasteiger partial charge in [-0.05, 0) is 29.2 Å². The highest BCUT2D eigenvalue weighted by Crippen LogP contribution is 2.17. The minimum Gasteiger partial charge on any atom is -0.321 e. The highest BCUT2D eigenvalue weighted by molar-refractivity contribution is 6.47. The number of ketones is 1. The molecule has 108 valence electrons. The number of Topliss-reactive ketones (excluding diaryl/α,β-unsaturated/α-hetero) is 1. The molecule has 0 bridgehead atoms. The fourth-order valence-corrected chi connectivity index (χ4v) is 2.43. The van der Waals surface area contributed by atoms with Crippen molar-refractivity contribution >= 4 is 34.4 Å². The Labute approximate surface area is 131 Å². The topological polar surface area (TPSA) is 49.9 Å². The van der Waals surface area contributed by atoms with Gasteiger partial charge in [0.2, 0.25) is 5.78 Å². The van der Waals surface area contributed by atoms with Gasteiger partial charge in [0.25, 0.3) is 5.56 Å². The predicted octanol–water partition coefficient (Wildman–Crippen LogP) is 3.99. The van der Waals surface area contributed by atoms with Crippen LogP contribution < -0.4 is 5.56 Å². The van der Waals surface area contributed by atoms with Crippen LogP contribution in [-0.2, 0) is 0 Å². The maximum absolute atomic E-state index is 12.4. The van der Waals surface area contributed by atoms with E-state index in [1.54, 1.807) is 18.2 Å². The van der Waals surface area contributed by atoms with Gasteiger partial charge >= 0.3 is 0 Å². The Hall–Kier alpha value is -2.65. The lowest BCUT2D eigenvalue weighted by atomic mass is 10.1. The van der Waals surface area contributed by atoms with E-state index >= 15 is 0 Å². The van der Waals surface area contributed by atoms with E-state index in [4.69, 9.17) is 11.6 Å². The van der Waals surface area contributed by atoms with E-state index in [0.29, 0.717) is 5.52 Å². The van der Waals surface area contributed by atoms with Gasteiger partial charge in [-0.25, -0.2) is 0 Å². The molecule has 0 aliphatic rings. The minimum absolute atomic E-state index is 0.00646. The summed E-state index contributed by atoms with van der Waals surface area (Å²) in [6, 6.07) is 18.1. The Morgan fingerprint density at radius 1 is 1.00 bits per heavy atom. The van der Waals surface area contributed by atoms with Crippen molar-refractivity contribution in [2.45, 2.75) is 0 Å². The molecular weight excluding hydrogens is 298 g/mol. The summed E-state index contributed by atoms with van der Waals surface area (Å²) in [5, 5.41) is 0.793.